The first-order valence-corrected chi connectivity index (χ1v) is 7.71. The number of ketones is 1. The Bertz CT molecular complexity index is 856. The lowest BCUT2D eigenvalue weighted by Crippen LogP contribution is -2.12. The summed E-state index contributed by atoms with van der Waals surface area (Å²) in [6, 6.07) is 8.21. The predicted octanol–water partition coefficient (Wildman–Crippen LogP) is 3.64. The second-order valence-corrected chi connectivity index (χ2v) is 6.13. The van der Waals surface area contributed by atoms with E-state index >= 15 is 0 Å². The number of Topliss-reactive ketones (excluding diaryl/α,β-unsaturated/α-hetero) is 1. The number of benzene rings is 2. The highest BCUT2D eigenvalue weighted by atomic mass is 79.9. The van der Waals surface area contributed by atoms with E-state index in [1.807, 2.05) is 12.1 Å². The molecule has 0 aromatic heterocycles. The third kappa shape index (κ3) is 2.50. The summed E-state index contributed by atoms with van der Waals surface area (Å²) in [5.41, 5.74) is 2.07. The van der Waals surface area contributed by atoms with Gasteiger partial charge in [0.2, 0.25) is 5.78 Å². The van der Waals surface area contributed by atoms with Crippen molar-refractivity contribution in [2.75, 3.05) is 6.79 Å². The highest BCUT2D eigenvalue weighted by Crippen LogP contribution is 2.37. The molecule has 0 bridgehead atoms. The predicted molar refractivity (Wildman–Crippen MR) is 85.5 cm³/mol. The molecule has 2 aromatic rings. The van der Waals surface area contributed by atoms with E-state index in [2.05, 4.69) is 15.9 Å². The molecule has 0 radical (unpaired) electrons. The maximum atomic E-state index is 12.4. The third-order valence-corrected chi connectivity index (χ3v) is 4.10. The number of fused-ring (bicyclic) bond motifs is 2. The van der Waals surface area contributed by atoms with E-state index in [0.717, 1.165) is 15.6 Å². The summed E-state index contributed by atoms with van der Waals surface area (Å²) in [5.74, 6) is 1.07. The lowest BCUT2D eigenvalue weighted by atomic mass is 10.1. The molecule has 2 heterocycles. The second kappa shape index (κ2) is 5.40. The molecular weight excluding hydrogens is 364 g/mol. The molecule has 116 valence electrons. The Labute approximate surface area is 140 Å². The smallest absolute Gasteiger partial charge is 0.231 e. The van der Waals surface area contributed by atoms with Gasteiger partial charge in [-0.05, 0) is 30.3 Å². The van der Waals surface area contributed by atoms with Crippen LogP contribution in [0, 0.1) is 0 Å². The number of rotatable bonds is 1. The van der Waals surface area contributed by atoms with Gasteiger partial charge in [0.1, 0.15) is 17.2 Å². The fourth-order valence-corrected chi connectivity index (χ4v) is 3.16. The van der Waals surface area contributed by atoms with Crippen LogP contribution in [0.15, 0.2) is 40.6 Å². The minimum atomic E-state index is -0.221. The van der Waals surface area contributed by atoms with Crippen molar-refractivity contribution in [3.63, 3.8) is 0 Å². The van der Waals surface area contributed by atoms with E-state index in [0.29, 0.717) is 23.7 Å². The first-order chi connectivity index (χ1) is 11.1. The third-order valence-electron chi connectivity index (χ3n) is 3.64. The van der Waals surface area contributed by atoms with E-state index in [4.69, 9.17) is 14.2 Å². The van der Waals surface area contributed by atoms with E-state index in [1.165, 1.54) is 12.1 Å². The zero-order chi connectivity index (χ0) is 16.0. The molecule has 5 nitrogen and oxygen atoms in total. The molecule has 6 heteroatoms. The molecule has 4 rings (SSSR count). The van der Waals surface area contributed by atoms with Crippen LogP contribution < -0.4 is 9.47 Å². The fourth-order valence-electron chi connectivity index (χ4n) is 2.63. The van der Waals surface area contributed by atoms with Crippen molar-refractivity contribution in [3.8, 4) is 17.2 Å². The Balaban J connectivity index is 1.78. The summed E-state index contributed by atoms with van der Waals surface area (Å²) in [6.07, 6.45) is 1.65. The first kappa shape index (κ1) is 14.3. The van der Waals surface area contributed by atoms with Crippen molar-refractivity contribution in [1.29, 1.82) is 0 Å². The number of phenols is 1. The first-order valence-electron chi connectivity index (χ1n) is 6.92. The molecule has 0 amide bonds. The fraction of sp³-hybridized carbons (Fsp3) is 0.118. The van der Waals surface area contributed by atoms with Gasteiger partial charge in [0, 0.05) is 21.7 Å². The maximum Gasteiger partial charge on any atom is 0.231 e. The number of allylic oxidation sites excluding steroid dienone is 1. The molecule has 0 aliphatic carbocycles. The molecule has 0 spiro atoms. The molecule has 23 heavy (non-hydrogen) atoms. The molecule has 0 unspecified atom stereocenters. The van der Waals surface area contributed by atoms with Gasteiger partial charge in [0.15, 0.2) is 12.6 Å². The van der Waals surface area contributed by atoms with Crippen LogP contribution in [0.4, 0.5) is 0 Å². The molecule has 0 fully saturated rings. The van der Waals surface area contributed by atoms with Gasteiger partial charge in [0.25, 0.3) is 0 Å². The van der Waals surface area contributed by atoms with E-state index in [-0.39, 0.29) is 24.1 Å². The molecule has 0 saturated carbocycles. The quantitative estimate of drug-likeness (QED) is 0.772. The van der Waals surface area contributed by atoms with Crippen LogP contribution in [0.5, 0.6) is 17.2 Å². The Morgan fingerprint density at radius 3 is 2.96 bits per heavy atom. The summed E-state index contributed by atoms with van der Waals surface area (Å²) >= 11 is 3.44. The van der Waals surface area contributed by atoms with E-state index in [9.17, 15) is 9.90 Å². The number of hydrogen-bond donors (Lipinski definition) is 1. The Morgan fingerprint density at radius 2 is 2.09 bits per heavy atom. The summed E-state index contributed by atoms with van der Waals surface area (Å²) in [4.78, 5) is 12.4. The summed E-state index contributed by atoms with van der Waals surface area (Å²) in [7, 11) is 0. The van der Waals surface area contributed by atoms with Gasteiger partial charge in [-0.1, -0.05) is 15.9 Å². The highest BCUT2D eigenvalue weighted by Gasteiger charge is 2.28. The summed E-state index contributed by atoms with van der Waals surface area (Å²) in [5, 5.41) is 9.50. The van der Waals surface area contributed by atoms with Crippen molar-refractivity contribution in [3.05, 3.63) is 57.3 Å². The van der Waals surface area contributed by atoms with Gasteiger partial charge in [-0.2, -0.15) is 0 Å². The van der Waals surface area contributed by atoms with Gasteiger partial charge in [-0.15, -0.1) is 0 Å². The van der Waals surface area contributed by atoms with E-state index in [1.54, 1.807) is 12.1 Å². The topological polar surface area (TPSA) is 65.0 Å². The van der Waals surface area contributed by atoms with Crippen LogP contribution in [0.1, 0.15) is 21.5 Å². The molecule has 2 aliphatic rings. The van der Waals surface area contributed by atoms with Crippen LogP contribution in [-0.4, -0.2) is 17.7 Å². The number of hydrogen-bond acceptors (Lipinski definition) is 5. The maximum absolute atomic E-state index is 12.4. The average molecular weight is 375 g/mol. The van der Waals surface area contributed by atoms with E-state index < -0.39 is 0 Å². The largest absolute Gasteiger partial charge is 0.508 e. The van der Waals surface area contributed by atoms with Crippen molar-refractivity contribution >= 4 is 27.8 Å². The zero-order valence-corrected chi connectivity index (χ0v) is 13.4. The van der Waals surface area contributed by atoms with Crippen LogP contribution in [0.25, 0.3) is 6.08 Å². The monoisotopic (exact) mass is 374 g/mol. The van der Waals surface area contributed by atoms with Gasteiger partial charge in [-0.3, -0.25) is 4.79 Å². The number of carbonyl (C=O) groups excluding carboxylic acids is 1. The SMILES string of the molecule is O=C1/C(=C/c2cc(Br)cc3c2OCOC3)Oc2cc(O)ccc21. The summed E-state index contributed by atoms with van der Waals surface area (Å²) < 4.78 is 17.3. The molecular formula is C17H11BrO5. The lowest BCUT2D eigenvalue weighted by Gasteiger charge is -2.20. The number of carbonyl (C=O) groups is 1. The number of aromatic hydroxyl groups is 1. The number of phenolic OH excluding ortho intramolecular Hbond substituents is 1. The lowest BCUT2D eigenvalue weighted by molar-refractivity contribution is -0.0165. The van der Waals surface area contributed by atoms with Crippen LogP contribution in [0.3, 0.4) is 0 Å². The molecule has 2 aromatic carbocycles. The summed E-state index contributed by atoms with van der Waals surface area (Å²) in [6.45, 7) is 0.627. The van der Waals surface area contributed by atoms with Gasteiger partial charge in [-0.25, -0.2) is 0 Å². The van der Waals surface area contributed by atoms with Gasteiger partial charge >= 0.3 is 0 Å². The minimum Gasteiger partial charge on any atom is -0.508 e. The number of halogens is 1. The Hall–Kier alpha value is -2.31. The Morgan fingerprint density at radius 1 is 1.22 bits per heavy atom. The number of ether oxygens (including phenoxy) is 3. The van der Waals surface area contributed by atoms with Crippen molar-refractivity contribution in [2.24, 2.45) is 0 Å². The minimum absolute atomic E-state index is 0.0538. The zero-order valence-electron chi connectivity index (χ0n) is 11.8. The molecule has 0 atom stereocenters. The highest BCUT2D eigenvalue weighted by molar-refractivity contribution is 9.10. The van der Waals surface area contributed by atoms with Crippen molar-refractivity contribution < 1.29 is 24.1 Å². The van der Waals surface area contributed by atoms with Crippen LogP contribution in [0.2, 0.25) is 0 Å². The second-order valence-electron chi connectivity index (χ2n) is 5.21. The van der Waals surface area contributed by atoms with Crippen LogP contribution >= 0.6 is 15.9 Å². The molecule has 2 aliphatic heterocycles. The standard InChI is InChI=1S/C17H11BrO5/c18-11-3-9(17-10(4-11)7-21-8-22-17)5-15-16(20)13-2-1-12(19)6-14(13)23-15/h1-6,19H,7-8H2/b15-5-. The molecule has 0 saturated heterocycles. The van der Waals surface area contributed by atoms with Crippen molar-refractivity contribution in [2.45, 2.75) is 6.61 Å². The van der Waals surface area contributed by atoms with Crippen LogP contribution in [-0.2, 0) is 11.3 Å². The van der Waals surface area contributed by atoms with Crippen molar-refractivity contribution in [1.82, 2.24) is 0 Å². The van der Waals surface area contributed by atoms with Gasteiger partial charge in [0.05, 0.1) is 12.2 Å². The molecule has 1 N–H and O–H groups in total. The normalized spacial score (nSPS) is 17.4. The average Bonchev–Trinajstić information content (AvgIpc) is 2.82. The Kier molecular flexibility index (Phi) is 3.36. The van der Waals surface area contributed by atoms with Gasteiger partial charge < -0.3 is 19.3 Å².